The SMILES string of the molecule is CNC(=O)[C@H](C)N(Cc1cccc(Cl)c1)C(=O)CN(c1cccc(Cl)c1)S(C)(=O)=O. The van der Waals surface area contributed by atoms with Gasteiger partial charge in [0.25, 0.3) is 0 Å². The normalized spacial score (nSPS) is 12.2. The number of halogens is 2. The Labute approximate surface area is 186 Å². The predicted octanol–water partition coefficient (Wildman–Crippen LogP) is 2.92. The fourth-order valence-electron chi connectivity index (χ4n) is 2.87. The molecule has 0 saturated heterocycles. The number of benzene rings is 2. The summed E-state index contributed by atoms with van der Waals surface area (Å²) < 4.78 is 25.7. The van der Waals surface area contributed by atoms with E-state index < -0.39 is 28.5 Å². The third-order valence-electron chi connectivity index (χ3n) is 4.43. The molecule has 0 aliphatic heterocycles. The average Bonchev–Trinajstić information content (AvgIpc) is 2.68. The number of hydrogen-bond donors (Lipinski definition) is 1. The van der Waals surface area contributed by atoms with Gasteiger partial charge in [0.05, 0.1) is 11.9 Å². The van der Waals surface area contributed by atoms with Gasteiger partial charge >= 0.3 is 0 Å². The van der Waals surface area contributed by atoms with Crippen molar-refractivity contribution in [2.75, 3.05) is 24.2 Å². The highest BCUT2D eigenvalue weighted by atomic mass is 35.5. The van der Waals surface area contributed by atoms with Crippen molar-refractivity contribution in [1.29, 1.82) is 0 Å². The van der Waals surface area contributed by atoms with Gasteiger partial charge in [0, 0.05) is 23.6 Å². The van der Waals surface area contributed by atoms with Crippen molar-refractivity contribution in [1.82, 2.24) is 10.2 Å². The largest absolute Gasteiger partial charge is 0.357 e. The highest BCUT2D eigenvalue weighted by molar-refractivity contribution is 7.92. The minimum atomic E-state index is -3.79. The molecule has 2 rings (SSSR count). The topological polar surface area (TPSA) is 86.8 Å². The zero-order valence-electron chi connectivity index (χ0n) is 16.8. The van der Waals surface area contributed by atoms with E-state index in [1.165, 1.54) is 18.0 Å². The first-order valence-corrected chi connectivity index (χ1v) is 11.6. The van der Waals surface area contributed by atoms with E-state index >= 15 is 0 Å². The smallest absolute Gasteiger partial charge is 0.244 e. The van der Waals surface area contributed by atoms with Crippen LogP contribution in [0.1, 0.15) is 12.5 Å². The number of likely N-dealkylation sites (N-methyl/N-ethyl adjacent to an activating group) is 1. The molecule has 7 nitrogen and oxygen atoms in total. The standard InChI is InChI=1S/C20H23Cl2N3O4S/c1-14(20(27)23-2)24(12-15-6-4-7-16(21)10-15)19(26)13-25(30(3,28)29)18-9-5-8-17(22)11-18/h4-11,14H,12-13H2,1-3H3,(H,23,27)/t14-/m0/s1. The van der Waals surface area contributed by atoms with Gasteiger partial charge in [-0.25, -0.2) is 8.42 Å². The van der Waals surface area contributed by atoms with E-state index in [9.17, 15) is 18.0 Å². The first-order chi connectivity index (χ1) is 14.0. The van der Waals surface area contributed by atoms with E-state index in [1.54, 1.807) is 49.4 Å². The molecule has 10 heteroatoms. The van der Waals surface area contributed by atoms with E-state index in [2.05, 4.69) is 5.32 Å². The lowest BCUT2D eigenvalue weighted by molar-refractivity contribution is -0.139. The molecule has 0 spiro atoms. The summed E-state index contributed by atoms with van der Waals surface area (Å²) in [6.45, 7) is 1.17. The molecule has 30 heavy (non-hydrogen) atoms. The van der Waals surface area contributed by atoms with E-state index in [4.69, 9.17) is 23.2 Å². The van der Waals surface area contributed by atoms with Crippen molar-refractivity contribution >= 4 is 50.7 Å². The third-order valence-corrected chi connectivity index (χ3v) is 6.04. The summed E-state index contributed by atoms with van der Waals surface area (Å²) in [5, 5.41) is 3.34. The Kier molecular flexibility index (Phi) is 8.11. The van der Waals surface area contributed by atoms with Crippen LogP contribution in [0.25, 0.3) is 0 Å². The van der Waals surface area contributed by atoms with Gasteiger partial charge in [-0.05, 0) is 42.8 Å². The minimum absolute atomic E-state index is 0.0845. The van der Waals surface area contributed by atoms with Crippen LogP contribution in [0.5, 0.6) is 0 Å². The lowest BCUT2D eigenvalue weighted by Crippen LogP contribution is -2.50. The summed E-state index contributed by atoms with van der Waals surface area (Å²) >= 11 is 12.0. The second-order valence-electron chi connectivity index (χ2n) is 6.69. The third kappa shape index (κ3) is 6.35. The second-order valence-corrected chi connectivity index (χ2v) is 9.47. The molecule has 0 saturated carbocycles. The molecular formula is C20H23Cl2N3O4S. The van der Waals surface area contributed by atoms with Crippen LogP contribution in [0.3, 0.4) is 0 Å². The Morgan fingerprint density at radius 2 is 1.67 bits per heavy atom. The van der Waals surface area contributed by atoms with Crippen LogP contribution in [0, 0.1) is 0 Å². The van der Waals surface area contributed by atoms with Crippen LogP contribution in [0.2, 0.25) is 10.0 Å². The van der Waals surface area contributed by atoms with Crippen molar-refractivity contribution in [3.8, 4) is 0 Å². The van der Waals surface area contributed by atoms with E-state index in [-0.39, 0.29) is 18.1 Å². The Hall–Kier alpha value is -2.29. The van der Waals surface area contributed by atoms with Gasteiger partial charge in [-0.3, -0.25) is 13.9 Å². The van der Waals surface area contributed by atoms with Gasteiger partial charge in [-0.2, -0.15) is 0 Å². The zero-order valence-corrected chi connectivity index (χ0v) is 19.1. The fraction of sp³-hybridized carbons (Fsp3) is 0.300. The summed E-state index contributed by atoms with van der Waals surface area (Å²) in [6.07, 6.45) is 1.00. The number of nitrogens with one attached hydrogen (secondary N) is 1. The Morgan fingerprint density at radius 1 is 1.07 bits per heavy atom. The molecule has 1 N–H and O–H groups in total. The number of amides is 2. The van der Waals surface area contributed by atoms with Gasteiger partial charge in [0.1, 0.15) is 12.6 Å². The average molecular weight is 472 g/mol. The van der Waals surface area contributed by atoms with Crippen LogP contribution in [-0.4, -0.2) is 51.0 Å². The van der Waals surface area contributed by atoms with Crippen LogP contribution in [0.4, 0.5) is 5.69 Å². The maximum absolute atomic E-state index is 13.2. The molecule has 162 valence electrons. The molecule has 0 aliphatic carbocycles. The molecule has 1 atom stereocenters. The minimum Gasteiger partial charge on any atom is -0.357 e. The van der Waals surface area contributed by atoms with Crippen molar-refractivity contribution < 1.29 is 18.0 Å². The van der Waals surface area contributed by atoms with Crippen molar-refractivity contribution in [3.05, 3.63) is 64.1 Å². The lowest BCUT2D eigenvalue weighted by Gasteiger charge is -2.31. The molecule has 2 aromatic carbocycles. The summed E-state index contributed by atoms with van der Waals surface area (Å²) in [5.41, 5.74) is 0.967. The number of nitrogens with zero attached hydrogens (tertiary/aromatic N) is 2. The summed E-state index contributed by atoms with van der Waals surface area (Å²) in [6, 6.07) is 12.3. The molecule has 0 radical (unpaired) electrons. The molecule has 0 aromatic heterocycles. The van der Waals surface area contributed by atoms with E-state index in [0.29, 0.717) is 15.6 Å². The van der Waals surface area contributed by atoms with Crippen molar-refractivity contribution in [3.63, 3.8) is 0 Å². The summed E-state index contributed by atoms with van der Waals surface area (Å²) in [4.78, 5) is 26.7. The number of rotatable bonds is 8. The Morgan fingerprint density at radius 3 is 2.20 bits per heavy atom. The maximum Gasteiger partial charge on any atom is 0.244 e. The van der Waals surface area contributed by atoms with Crippen LogP contribution < -0.4 is 9.62 Å². The number of anilines is 1. The molecule has 2 aromatic rings. The van der Waals surface area contributed by atoms with E-state index in [1.807, 2.05) is 0 Å². The quantitative estimate of drug-likeness (QED) is 0.640. The van der Waals surface area contributed by atoms with Gasteiger partial charge in [-0.1, -0.05) is 41.4 Å². The summed E-state index contributed by atoms with van der Waals surface area (Å²) in [5.74, 6) is -0.921. The van der Waals surface area contributed by atoms with E-state index in [0.717, 1.165) is 10.6 Å². The van der Waals surface area contributed by atoms with Crippen LogP contribution >= 0.6 is 23.2 Å². The van der Waals surface area contributed by atoms with Gasteiger partial charge in [-0.15, -0.1) is 0 Å². The second kappa shape index (κ2) is 10.1. The van der Waals surface area contributed by atoms with Gasteiger partial charge in [0.15, 0.2) is 0 Å². The molecule has 0 heterocycles. The Balaban J connectivity index is 2.38. The maximum atomic E-state index is 13.2. The number of carbonyl (C=O) groups is 2. The fourth-order valence-corrected chi connectivity index (χ4v) is 4.11. The number of sulfonamides is 1. The predicted molar refractivity (Wildman–Crippen MR) is 119 cm³/mol. The monoisotopic (exact) mass is 471 g/mol. The molecule has 0 aliphatic rings. The van der Waals surface area contributed by atoms with Crippen molar-refractivity contribution in [2.24, 2.45) is 0 Å². The molecule has 0 bridgehead atoms. The van der Waals surface area contributed by atoms with Gasteiger partial charge < -0.3 is 10.2 Å². The first-order valence-electron chi connectivity index (χ1n) is 9.01. The number of hydrogen-bond acceptors (Lipinski definition) is 4. The number of carbonyl (C=O) groups excluding carboxylic acids is 2. The zero-order chi connectivity index (χ0) is 22.5. The molecule has 2 amide bonds. The van der Waals surface area contributed by atoms with Gasteiger partial charge in [0.2, 0.25) is 21.8 Å². The Bertz CT molecular complexity index is 1030. The van der Waals surface area contributed by atoms with Crippen molar-refractivity contribution in [2.45, 2.75) is 19.5 Å². The molecule has 0 unspecified atom stereocenters. The van der Waals surface area contributed by atoms with Crippen LogP contribution in [0.15, 0.2) is 48.5 Å². The first kappa shape index (κ1) is 24.0. The summed E-state index contributed by atoms with van der Waals surface area (Å²) in [7, 11) is -2.32. The van der Waals surface area contributed by atoms with Crippen LogP contribution in [-0.2, 0) is 26.2 Å². The highest BCUT2D eigenvalue weighted by Gasteiger charge is 2.29. The highest BCUT2D eigenvalue weighted by Crippen LogP contribution is 2.23. The lowest BCUT2D eigenvalue weighted by atomic mass is 10.1. The molecular weight excluding hydrogens is 449 g/mol. The molecule has 0 fully saturated rings.